The van der Waals surface area contributed by atoms with Gasteiger partial charge in [-0.05, 0) is 282 Å². The van der Waals surface area contributed by atoms with Crippen molar-refractivity contribution < 1.29 is 207 Å². The number of alkyl halides is 20. The Bertz CT molecular complexity index is 4880. The van der Waals surface area contributed by atoms with Gasteiger partial charge in [-0.25, -0.2) is 46.3 Å². The minimum Gasteiger partial charge on any atom is -0.461 e. The predicted octanol–water partition coefficient (Wildman–Crippen LogP) is 20.4. The molecule has 149 heavy (non-hydrogen) atoms. The molecule has 0 amide bonds. The maximum atomic E-state index is 14.1. The number of halogens is 20. The molecule has 25 nitrogen and oxygen atoms in total. The fourth-order valence-corrected chi connectivity index (χ4v) is 32.0. The zero-order valence-corrected chi connectivity index (χ0v) is 85.0. The Labute approximate surface area is 849 Å². The summed E-state index contributed by atoms with van der Waals surface area (Å²) in [5, 5.41) is 10.8. The van der Waals surface area contributed by atoms with Gasteiger partial charge in [0, 0.05) is 95.8 Å². The van der Waals surface area contributed by atoms with Crippen LogP contribution in [-0.4, -0.2) is 210 Å². The van der Waals surface area contributed by atoms with Crippen molar-refractivity contribution in [2.45, 2.75) is 395 Å². The van der Waals surface area contributed by atoms with Crippen molar-refractivity contribution in [1.29, 1.82) is 0 Å². The lowest BCUT2D eigenvalue weighted by molar-refractivity contribution is -0.362. The Balaban J connectivity index is 0.000000140. The number of Topliss-reactive ketones (excluding diaryl/α,β-unsaturated/α-hetero) is 2. The second kappa shape index (κ2) is 41.2. The van der Waals surface area contributed by atoms with Crippen LogP contribution in [0.3, 0.4) is 0 Å². The van der Waals surface area contributed by atoms with Crippen LogP contribution in [0.15, 0.2) is 0 Å². The average molecular weight is 2170 g/mol. The summed E-state index contributed by atoms with van der Waals surface area (Å²) in [5.41, 5.74) is -4.58. The molecule has 45 heteroatoms. The number of hydrogen-bond donors (Lipinski definition) is 1. The summed E-state index contributed by atoms with van der Waals surface area (Å²) in [7, 11) is 0. The minimum absolute atomic E-state index is 0.00310. The summed E-state index contributed by atoms with van der Waals surface area (Å²) in [6, 6.07) is 0. The maximum absolute atomic E-state index is 14.1. The molecule has 23 fully saturated rings. The normalized spacial score (nSPS) is 38.2. The lowest BCUT2D eigenvalue weighted by atomic mass is 9.43. The van der Waals surface area contributed by atoms with Crippen LogP contribution < -0.4 is 0 Å². The quantitative estimate of drug-likeness (QED) is 0.0271. The van der Waals surface area contributed by atoms with Gasteiger partial charge in [0.25, 0.3) is 0 Å². The fraction of sp³-hybridized carbons (Fsp3) is 0.885. The van der Waals surface area contributed by atoms with Gasteiger partial charge in [-0.15, -0.1) is 0 Å². The number of ether oxygens (including phenoxy) is 12. The first-order chi connectivity index (χ1) is 68.9. The van der Waals surface area contributed by atoms with Crippen molar-refractivity contribution >= 4 is 71.3 Å². The largest absolute Gasteiger partial charge is 0.468 e. The zero-order chi connectivity index (χ0) is 110. The molecular weight excluding hydrogens is 2030 g/mol. The standard InChI is InChI=1S/C25H32F2O5.C21H27F7O6.C21H27F7O5.C21H28F2O5.C16H22F2O4/c1-3-25(13-5-11-4-12(7-13)8-14(25)6-11)10-17(28)18-15-9-16-19(18)22(29)31-20(16)21(15)32-23(30)24(2,26)27;1-3-32-15(30)20(21(26,27)28,33-5-4-19(24,25)16(2,22)23)34-14(29)17-7-12-6-13(8-17)10-18(31,9-12)11-17;1-3-31-16(30)20(21(26,27)28,32-5-4-19(24,25)17(2,22)23)33-15(29)18-9-12-6-13(10-18)8-14(7-12)11-18;1-3-21(7-5-4-6-8-21)10-13(24)14-11-9-12-15(14)18(25)27-16(12)17(11)28-19(26)20(2,22)23;1-15(22-13(19)8-21-14(20)16(2,17)18)11-4-9-3-10(6-11)7-12(15)5-9/h11-16,18-21H,3-10H2,1-2H3;12-13,31H,3-11H2,1-2H3;12-14H,3-11H2,1-2H3;11-12,14-17H,3-10H2,1-2H3;9-12H,3-8H2,1-2H3. The van der Waals surface area contributed by atoms with Crippen molar-refractivity contribution in [2.75, 3.05) is 33.0 Å². The van der Waals surface area contributed by atoms with Crippen molar-refractivity contribution in [3.63, 3.8) is 0 Å². The van der Waals surface area contributed by atoms with Crippen LogP contribution in [0.1, 0.15) is 294 Å². The van der Waals surface area contributed by atoms with Gasteiger partial charge >= 0.3 is 125 Å². The molecule has 16 unspecified atom stereocenters. The van der Waals surface area contributed by atoms with Crippen molar-refractivity contribution in [3.05, 3.63) is 0 Å². The smallest absolute Gasteiger partial charge is 0.461 e. The topological polar surface area (TPSA) is 336 Å². The number of carbonyl (C=O) groups excluding carboxylic acids is 12. The molecule has 16 atom stereocenters. The van der Waals surface area contributed by atoms with Gasteiger partial charge in [-0.3, -0.25) is 28.8 Å². The Morgan fingerprint density at radius 2 is 0.752 bits per heavy atom. The first kappa shape index (κ1) is 116. The van der Waals surface area contributed by atoms with Crippen molar-refractivity contribution in [2.24, 2.45) is 146 Å². The molecule has 0 aromatic carbocycles. The molecule has 20 bridgehead atoms. The molecule has 21 aliphatic carbocycles. The Morgan fingerprint density at radius 1 is 0.396 bits per heavy atom. The minimum atomic E-state index is -5.78. The van der Waals surface area contributed by atoms with Crippen LogP contribution in [0.4, 0.5) is 87.8 Å². The van der Waals surface area contributed by atoms with E-state index in [-0.39, 0.29) is 96.9 Å². The molecular formula is C104H136F20O25. The SMILES string of the molecule is CC(F)(F)C(=O)OCC(=O)OC1(C)C2CC3CC(C2)CC1C3.CCC1(CC(=O)C2C3CC4C(OC(=O)C42)C3OC(=O)C(C)(F)F)C2CC3CC(C2)CC1C3.CCC1(CC(=O)C2C3CC4C(OC(=O)C42)C3OC(=O)C(C)(F)F)CCCCC1.CCOC(=O)C(OCCC(F)(F)C(C)(F)F)(OC(=O)C12CC3CC(CC(C3)C1)C2)C(F)(F)F.CCOC(=O)C(OCCC(F)(F)C(C)(F)F)(OC(=O)C12CC3CC(CC(O)(C3)C1)C2)C(F)(F)F. The van der Waals surface area contributed by atoms with Crippen LogP contribution in [0.2, 0.25) is 0 Å². The van der Waals surface area contributed by atoms with E-state index >= 15 is 0 Å². The number of carbonyl (C=O) groups is 12. The Hall–Kier alpha value is -7.48. The molecule has 0 aromatic rings. The third kappa shape index (κ3) is 22.3. The van der Waals surface area contributed by atoms with E-state index in [1.54, 1.807) is 0 Å². The molecule has 0 aromatic heterocycles. The van der Waals surface area contributed by atoms with E-state index < -0.39 is 253 Å². The van der Waals surface area contributed by atoms with E-state index in [1.165, 1.54) is 51.9 Å². The van der Waals surface area contributed by atoms with E-state index in [1.807, 2.05) is 6.92 Å². The summed E-state index contributed by atoms with van der Waals surface area (Å²) in [6.45, 7) is 4.59. The van der Waals surface area contributed by atoms with Gasteiger partial charge < -0.3 is 61.9 Å². The maximum Gasteiger partial charge on any atom is 0.468 e. The summed E-state index contributed by atoms with van der Waals surface area (Å²) >= 11 is 0. The first-order valence-corrected chi connectivity index (χ1v) is 52.8. The van der Waals surface area contributed by atoms with E-state index in [0.717, 1.165) is 114 Å². The number of ketones is 2. The molecule has 0 spiro atoms. The number of rotatable bonds is 34. The second-order valence-corrected chi connectivity index (χ2v) is 48.1. The third-order valence-electron chi connectivity index (χ3n) is 37.9. The highest BCUT2D eigenvalue weighted by Gasteiger charge is 2.77. The van der Waals surface area contributed by atoms with Crippen molar-refractivity contribution in [1.82, 2.24) is 0 Å². The van der Waals surface area contributed by atoms with Gasteiger partial charge in [-0.1, -0.05) is 39.5 Å². The molecule has 21 saturated carbocycles. The van der Waals surface area contributed by atoms with E-state index in [4.69, 9.17) is 28.4 Å². The molecule has 2 heterocycles. The molecule has 23 aliphatic rings. The van der Waals surface area contributed by atoms with Gasteiger partial charge in [0.15, 0.2) is 6.61 Å². The fourth-order valence-electron chi connectivity index (χ4n) is 32.0. The van der Waals surface area contributed by atoms with E-state index in [2.05, 4.69) is 42.3 Å². The Kier molecular flexibility index (Phi) is 32.0. The second-order valence-electron chi connectivity index (χ2n) is 48.1. The van der Waals surface area contributed by atoms with Crippen LogP contribution in [0.5, 0.6) is 0 Å². The van der Waals surface area contributed by atoms with Gasteiger partial charge in [0.1, 0.15) is 41.6 Å². The van der Waals surface area contributed by atoms with E-state index in [9.17, 15) is 150 Å². The predicted molar refractivity (Wildman–Crippen MR) is 474 cm³/mol. The van der Waals surface area contributed by atoms with Crippen LogP contribution in [0, 0.1) is 146 Å². The summed E-state index contributed by atoms with van der Waals surface area (Å²) in [6.07, 6.45) is 7.57. The molecule has 2 aliphatic heterocycles. The highest BCUT2D eigenvalue weighted by atomic mass is 19.4. The number of hydrogen-bond acceptors (Lipinski definition) is 25. The molecule has 2 saturated heterocycles. The molecule has 0 radical (unpaired) electrons. The van der Waals surface area contributed by atoms with Crippen LogP contribution in [-0.2, 0) is 114 Å². The highest BCUT2D eigenvalue weighted by molar-refractivity contribution is 5.93. The number of fused-ring (bicyclic) bond motifs is 2. The third-order valence-corrected chi connectivity index (χ3v) is 37.9. The Morgan fingerprint density at radius 3 is 1.10 bits per heavy atom. The zero-order valence-electron chi connectivity index (χ0n) is 85.0. The molecule has 842 valence electrons. The van der Waals surface area contributed by atoms with Crippen LogP contribution in [0.25, 0.3) is 0 Å². The van der Waals surface area contributed by atoms with E-state index in [0.29, 0.717) is 109 Å². The lowest BCUT2D eigenvalue weighted by Crippen LogP contribution is -2.63. The summed E-state index contributed by atoms with van der Waals surface area (Å²) < 4.78 is 328. The van der Waals surface area contributed by atoms with Crippen LogP contribution >= 0.6 is 0 Å². The summed E-state index contributed by atoms with van der Waals surface area (Å²) in [5.74, 6) is -50.0. The van der Waals surface area contributed by atoms with Gasteiger partial charge in [0.05, 0.1) is 54.7 Å². The first-order valence-electron chi connectivity index (χ1n) is 52.8. The van der Waals surface area contributed by atoms with Gasteiger partial charge in [-0.2, -0.15) is 70.2 Å². The lowest BCUT2D eigenvalue weighted by Gasteiger charge is -2.61. The average Bonchev–Trinajstić information content (AvgIpc) is 1.56. The number of esters is 10. The molecule has 23 rings (SSSR count). The monoisotopic (exact) mass is 2160 g/mol. The van der Waals surface area contributed by atoms with Gasteiger partial charge in [0.2, 0.25) is 0 Å². The molecule has 1 N–H and O–H groups in total. The van der Waals surface area contributed by atoms with Crippen molar-refractivity contribution in [3.8, 4) is 0 Å². The highest BCUT2D eigenvalue weighted by Crippen LogP contribution is 2.70. The number of aliphatic hydroxyl groups is 1. The summed E-state index contributed by atoms with van der Waals surface area (Å²) in [4.78, 5) is 150.